The number of nitrogens with zero attached hydrogens (tertiary/aromatic N) is 1. The molecule has 16 heavy (non-hydrogen) atoms. The van der Waals surface area contributed by atoms with Gasteiger partial charge in [-0.15, -0.1) is 11.3 Å². The Balaban J connectivity index is 2.31. The lowest BCUT2D eigenvalue weighted by molar-refractivity contribution is 0.416. The van der Waals surface area contributed by atoms with Crippen LogP contribution in [0.15, 0.2) is 29.9 Å². The summed E-state index contributed by atoms with van der Waals surface area (Å²) in [6.07, 6.45) is 3.60. The zero-order valence-corrected chi connectivity index (χ0v) is 10.1. The molecule has 3 nitrogen and oxygen atoms in total. The number of methoxy groups -OCH3 is 1. The van der Waals surface area contributed by atoms with Gasteiger partial charge in [0.15, 0.2) is 0 Å². The molecule has 0 bridgehead atoms. The van der Waals surface area contributed by atoms with Gasteiger partial charge in [0.25, 0.3) is 0 Å². The second kappa shape index (κ2) is 4.63. The highest BCUT2D eigenvalue weighted by Gasteiger charge is 2.13. The first-order valence-electron chi connectivity index (χ1n) is 5.01. The molecule has 2 N–H and O–H groups in total. The number of hydrogen-bond acceptors (Lipinski definition) is 4. The minimum Gasteiger partial charge on any atom is -0.496 e. The van der Waals surface area contributed by atoms with Crippen molar-refractivity contribution in [1.82, 2.24) is 4.98 Å². The van der Waals surface area contributed by atoms with Crippen molar-refractivity contribution in [2.24, 2.45) is 5.73 Å². The van der Waals surface area contributed by atoms with Gasteiger partial charge in [-0.3, -0.25) is 4.98 Å². The maximum Gasteiger partial charge on any atom is 0.129 e. The molecule has 0 aromatic carbocycles. The normalized spacial score (nSPS) is 12.4. The van der Waals surface area contributed by atoms with Crippen LogP contribution >= 0.6 is 11.3 Å². The van der Waals surface area contributed by atoms with Crippen LogP contribution in [0.1, 0.15) is 22.0 Å². The Labute approximate surface area is 98.9 Å². The van der Waals surface area contributed by atoms with E-state index in [1.54, 1.807) is 24.6 Å². The van der Waals surface area contributed by atoms with Crippen molar-refractivity contribution in [3.63, 3.8) is 0 Å². The summed E-state index contributed by atoms with van der Waals surface area (Å²) in [7, 11) is 1.66. The quantitative estimate of drug-likeness (QED) is 0.887. The lowest BCUT2D eigenvalue weighted by Gasteiger charge is -2.11. The second-order valence-electron chi connectivity index (χ2n) is 3.60. The number of pyridine rings is 1. The van der Waals surface area contributed by atoms with Crippen molar-refractivity contribution < 1.29 is 4.74 Å². The third-order valence-corrected chi connectivity index (χ3v) is 3.55. The molecular formula is C12H14N2OS. The second-order valence-corrected chi connectivity index (χ2v) is 4.54. The Morgan fingerprint density at radius 1 is 1.50 bits per heavy atom. The molecule has 0 saturated carbocycles. The third kappa shape index (κ3) is 2.08. The lowest BCUT2D eigenvalue weighted by atomic mass is 10.0. The van der Waals surface area contributed by atoms with Gasteiger partial charge in [0.2, 0.25) is 0 Å². The molecule has 2 aromatic rings. The van der Waals surface area contributed by atoms with Crippen molar-refractivity contribution in [2.75, 3.05) is 7.11 Å². The van der Waals surface area contributed by atoms with E-state index in [1.165, 1.54) is 0 Å². The maximum atomic E-state index is 6.20. The third-order valence-electron chi connectivity index (χ3n) is 2.55. The van der Waals surface area contributed by atoms with Gasteiger partial charge >= 0.3 is 0 Å². The molecule has 0 aliphatic heterocycles. The molecule has 84 valence electrons. The number of nitrogens with two attached hydrogens (primary N) is 1. The molecule has 2 rings (SSSR count). The van der Waals surface area contributed by atoms with Gasteiger partial charge < -0.3 is 10.5 Å². The molecular weight excluding hydrogens is 220 g/mol. The summed E-state index contributed by atoms with van der Waals surface area (Å²) >= 11 is 1.61. The van der Waals surface area contributed by atoms with Crippen molar-refractivity contribution in [2.45, 2.75) is 13.0 Å². The average Bonchev–Trinajstić information content (AvgIpc) is 2.77. The van der Waals surface area contributed by atoms with Gasteiger partial charge in [-0.05, 0) is 30.2 Å². The Bertz CT molecular complexity index is 481. The van der Waals surface area contributed by atoms with Gasteiger partial charge in [-0.1, -0.05) is 0 Å². The summed E-state index contributed by atoms with van der Waals surface area (Å²) in [5.41, 5.74) is 8.42. The SMILES string of the molecule is COc1csc(C(N)c2cnccc2C)c1. The fourth-order valence-corrected chi connectivity index (χ4v) is 2.43. The van der Waals surface area contributed by atoms with E-state index < -0.39 is 0 Å². The number of rotatable bonds is 3. The summed E-state index contributed by atoms with van der Waals surface area (Å²) in [6, 6.07) is 3.82. The Morgan fingerprint density at radius 3 is 2.94 bits per heavy atom. The molecule has 0 fully saturated rings. The van der Waals surface area contributed by atoms with Crippen LogP contribution in [-0.4, -0.2) is 12.1 Å². The zero-order chi connectivity index (χ0) is 11.5. The van der Waals surface area contributed by atoms with Gasteiger partial charge in [0, 0.05) is 22.7 Å². The summed E-state index contributed by atoms with van der Waals surface area (Å²) < 4.78 is 5.15. The molecule has 0 aliphatic carbocycles. The minimum absolute atomic E-state index is 0.123. The van der Waals surface area contributed by atoms with Crippen molar-refractivity contribution in [3.8, 4) is 5.75 Å². The average molecular weight is 234 g/mol. The van der Waals surface area contributed by atoms with E-state index in [9.17, 15) is 0 Å². The highest BCUT2D eigenvalue weighted by Crippen LogP contribution is 2.30. The van der Waals surface area contributed by atoms with Gasteiger partial charge in [-0.2, -0.15) is 0 Å². The number of ether oxygens (including phenoxy) is 1. The molecule has 0 radical (unpaired) electrons. The monoisotopic (exact) mass is 234 g/mol. The first-order valence-corrected chi connectivity index (χ1v) is 5.89. The van der Waals surface area contributed by atoms with Crippen LogP contribution in [0.4, 0.5) is 0 Å². The molecule has 1 atom stereocenters. The number of aromatic nitrogens is 1. The summed E-state index contributed by atoms with van der Waals surface area (Å²) in [5, 5.41) is 1.96. The molecule has 0 spiro atoms. The number of hydrogen-bond donors (Lipinski definition) is 1. The fraction of sp³-hybridized carbons (Fsp3) is 0.250. The fourth-order valence-electron chi connectivity index (χ4n) is 1.56. The summed E-state index contributed by atoms with van der Waals surface area (Å²) in [6.45, 7) is 2.04. The van der Waals surface area contributed by atoms with Crippen LogP contribution in [0.2, 0.25) is 0 Å². The number of aryl methyl sites for hydroxylation is 1. The summed E-state index contributed by atoms with van der Waals surface area (Å²) in [4.78, 5) is 5.20. The molecule has 0 aliphatic rings. The largest absolute Gasteiger partial charge is 0.496 e. The van der Waals surface area contributed by atoms with Crippen LogP contribution in [-0.2, 0) is 0 Å². The van der Waals surface area contributed by atoms with E-state index in [-0.39, 0.29) is 6.04 Å². The molecule has 0 saturated heterocycles. The van der Waals surface area contributed by atoms with E-state index in [0.717, 1.165) is 21.8 Å². The summed E-state index contributed by atoms with van der Waals surface area (Å²) in [5.74, 6) is 0.858. The molecule has 4 heteroatoms. The van der Waals surface area contributed by atoms with Crippen LogP contribution in [0.25, 0.3) is 0 Å². The first-order chi connectivity index (χ1) is 7.72. The number of thiophene rings is 1. The van der Waals surface area contributed by atoms with E-state index in [2.05, 4.69) is 4.98 Å². The topological polar surface area (TPSA) is 48.1 Å². The van der Waals surface area contributed by atoms with Gasteiger partial charge in [-0.25, -0.2) is 0 Å². The Kier molecular flexibility index (Phi) is 3.22. The smallest absolute Gasteiger partial charge is 0.129 e. The first kappa shape index (κ1) is 11.1. The highest BCUT2D eigenvalue weighted by molar-refractivity contribution is 7.10. The molecule has 2 heterocycles. The van der Waals surface area contributed by atoms with Crippen LogP contribution in [0.3, 0.4) is 0 Å². The molecule has 2 aromatic heterocycles. The predicted octanol–water partition coefficient (Wildman–Crippen LogP) is 2.51. The van der Waals surface area contributed by atoms with Gasteiger partial charge in [0.05, 0.1) is 13.2 Å². The van der Waals surface area contributed by atoms with Crippen LogP contribution in [0, 0.1) is 6.92 Å². The predicted molar refractivity (Wildman–Crippen MR) is 65.9 cm³/mol. The lowest BCUT2D eigenvalue weighted by Crippen LogP contribution is -2.11. The maximum absolute atomic E-state index is 6.20. The van der Waals surface area contributed by atoms with Crippen molar-refractivity contribution >= 4 is 11.3 Å². The van der Waals surface area contributed by atoms with E-state index in [0.29, 0.717) is 0 Å². The van der Waals surface area contributed by atoms with Crippen molar-refractivity contribution in [3.05, 3.63) is 45.9 Å². The molecule has 1 unspecified atom stereocenters. The highest BCUT2D eigenvalue weighted by atomic mass is 32.1. The van der Waals surface area contributed by atoms with Crippen molar-refractivity contribution in [1.29, 1.82) is 0 Å². The van der Waals surface area contributed by atoms with Crippen LogP contribution in [0.5, 0.6) is 5.75 Å². The van der Waals surface area contributed by atoms with E-state index >= 15 is 0 Å². The van der Waals surface area contributed by atoms with Crippen LogP contribution < -0.4 is 10.5 Å². The minimum atomic E-state index is -0.123. The van der Waals surface area contributed by atoms with E-state index in [1.807, 2.05) is 30.6 Å². The standard InChI is InChI=1S/C12H14N2OS/c1-8-3-4-14-6-10(8)12(13)11-5-9(15-2)7-16-11/h3-7,12H,13H2,1-2H3. The van der Waals surface area contributed by atoms with Gasteiger partial charge in [0.1, 0.15) is 5.75 Å². The zero-order valence-electron chi connectivity index (χ0n) is 9.31. The molecule has 0 amide bonds. The Morgan fingerprint density at radius 2 is 2.31 bits per heavy atom. The Hall–Kier alpha value is -1.39. The van der Waals surface area contributed by atoms with E-state index in [4.69, 9.17) is 10.5 Å².